The Morgan fingerprint density at radius 2 is 2.23 bits per heavy atom. The average Bonchev–Trinajstić information content (AvgIpc) is 2.65. The molecule has 0 aliphatic heterocycles. The van der Waals surface area contributed by atoms with Gasteiger partial charge in [-0.1, -0.05) is 29.4 Å². The Balaban J connectivity index is 1.99. The van der Waals surface area contributed by atoms with E-state index in [1.807, 2.05) is 0 Å². The van der Waals surface area contributed by atoms with Gasteiger partial charge in [0.1, 0.15) is 0 Å². The van der Waals surface area contributed by atoms with Gasteiger partial charge in [-0.25, -0.2) is 0 Å². The Kier molecular flexibility index (Phi) is 1.68. The minimum atomic E-state index is 0.799. The Bertz CT molecular complexity index is 315. The first-order chi connectivity index (χ1) is 6.45. The van der Waals surface area contributed by atoms with Gasteiger partial charge in [0.25, 0.3) is 0 Å². The summed E-state index contributed by atoms with van der Waals surface area (Å²) in [6, 6.07) is 0. The molecule has 3 aliphatic rings. The molecule has 0 heteroatoms. The molecule has 0 amide bonds. The fraction of sp³-hybridized carbons (Fsp3) is 0.462. The lowest BCUT2D eigenvalue weighted by Gasteiger charge is -2.30. The van der Waals surface area contributed by atoms with Gasteiger partial charge in [-0.2, -0.15) is 0 Å². The van der Waals surface area contributed by atoms with Crippen LogP contribution in [0.25, 0.3) is 0 Å². The van der Waals surface area contributed by atoms with E-state index in [9.17, 15) is 0 Å². The van der Waals surface area contributed by atoms with Crippen LogP contribution in [0.2, 0.25) is 0 Å². The molecule has 0 nitrogen and oxygen atoms in total. The molecule has 0 fully saturated rings. The third-order valence-electron chi connectivity index (χ3n) is 3.55. The molecule has 0 aromatic heterocycles. The molecule has 0 saturated carbocycles. The van der Waals surface area contributed by atoms with Crippen molar-refractivity contribution in [3.63, 3.8) is 0 Å². The van der Waals surface area contributed by atoms with Crippen molar-refractivity contribution in [3.05, 3.63) is 41.4 Å². The van der Waals surface area contributed by atoms with Crippen molar-refractivity contribution in [2.45, 2.75) is 32.1 Å². The van der Waals surface area contributed by atoms with Crippen LogP contribution in [0.4, 0.5) is 0 Å². The number of rotatable bonds is 0. The summed E-state index contributed by atoms with van der Waals surface area (Å²) in [5.74, 6) is 0.799. The zero-order valence-electron chi connectivity index (χ0n) is 7.92. The Morgan fingerprint density at radius 3 is 3.23 bits per heavy atom. The number of hydrogen-bond donors (Lipinski definition) is 0. The van der Waals surface area contributed by atoms with E-state index in [4.69, 9.17) is 0 Å². The van der Waals surface area contributed by atoms with E-state index in [1.165, 1.54) is 32.1 Å². The van der Waals surface area contributed by atoms with E-state index in [0.29, 0.717) is 0 Å². The Hall–Kier alpha value is -0.780. The van der Waals surface area contributed by atoms with E-state index < -0.39 is 0 Å². The summed E-state index contributed by atoms with van der Waals surface area (Å²) in [6.07, 6.45) is 16.1. The number of hydrogen-bond acceptors (Lipinski definition) is 0. The molecule has 0 heterocycles. The maximum absolute atomic E-state index is 2.49. The first-order valence-electron chi connectivity index (χ1n) is 5.38. The highest BCUT2D eigenvalue weighted by atomic mass is 14.3. The Morgan fingerprint density at radius 1 is 1.23 bits per heavy atom. The number of fused-ring (bicyclic) bond motifs is 2. The second-order valence-electron chi connectivity index (χ2n) is 4.27. The second kappa shape index (κ2) is 2.87. The van der Waals surface area contributed by atoms with E-state index in [-0.39, 0.29) is 0 Å². The van der Waals surface area contributed by atoms with Crippen molar-refractivity contribution in [1.82, 2.24) is 0 Å². The van der Waals surface area contributed by atoms with Crippen molar-refractivity contribution >= 4 is 0 Å². The maximum Gasteiger partial charge on any atom is 0.00926 e. The van der Waals surface area contributed by atoms with E-state index in [0.717, 1.165) is 5.92 Å². The lowest BCUT2D eigenvalue weighted by molar-refractivity contribution is 0.537. The van der Waals surface area contributed by atoms with Gasteiger partial charge in [0.15, 0.2) is 0 Å². The van der Waals surface area contributed by atoms with Crippen LogP contribution in [0.1, 0.15) is 32.1 Å². The van der Waals surface area contributed by atoms with Crippen LogP contribution >= 0.6 is 0 Å². The van der Waals surface area contributed by atoms with Gasteiger partial charge < -0.3 is 0 Å². The molecule has 0 N–H and O–H groups in total. The third kappa shape index (κ3) is 1.12. The van der Waals surface area contributed by atoms with Crippen LogP contribution in [0.3, 0.4) is 0 Å². The highest BCUT2D eigenvalue weighted by Crippen LogP contribution is 2.43. The standard InChI is InChI=1S/C13H15/c1-2-6-12-10(4-1)8-9-11-5-3-7-13(11)12/h3-5,7,12H,1-2,6,8-9H2. The lowest BCUT2D eigenvalue weighted by atomic mass is 9.74. The van der Waals surface area contributed by atoms with Crippen LogP contribution in [-0.2, 0) is 0 Å². The van der Waals surface area contributed by atoms with Crippen LogP contribution in [0, 0.1) is 12.3 Å². The fourth-order valence-corrected chi connectivity index (χ4v) is 2.89. The normalized spacial score (nSPS) is 31.4. The molecule has 3 aliphatic carbocycles. The zero-order valence-corrected chi connectivity index (χ0v) is 7.92. The molecule has 3 rings (SSSR count). The number of allylic oxidation sites excluding steroid dienone is 6. The topological polar surface area (TPSA) is 0 Å². The monoisotopic (exact) mass is 171 g/mol. The first kappa shape index (κ1) is 7.61. The zero-order chi connectivity index (χ0) is 8.67. The quantitative estimate of drug-likeness (QED) is 0.489. The summed E-state index contributed by atoms with van der Waals surface area (Å²) in [5.41, 5.74) is 4.98. The summed E-state index contributed by atoms with van der Waals surface area (Å²) in [6.45, 7) is 0. The minimum absolute atomic E-state index is 0.799. The summed E-state index contributed by atoms with van der Waals surface area (Å²) >= 11 is 0. The minimum Gasteiger partial charge on any atom is -0.0847 e. The van der Waals surface area contributed by atoms with Gasteiger partial charge in [0.2, 0.25) is 0 Å². The molecule has 1 atom stereocenters. The summed E-state index contributed by atoms with van der Waals surface area (Å²) < 4.78 is 0. The van der Waals surface area contributed by atoms with E-state index in [2.05, 4.69) is 24.6 Å². The van der Waals surface area contributed by atoms with Gasteiger partial charge in [-0.15, -0.1) is 0 Å². The maximum atomic E-state index is 2.49. The van der Waals surface area contributed by atoms with Crippen molar-refractivity contribution in [3.8, 4) is 0 Å². The van der Waals surface area contributed by atoms with Gasteiger partial charge in [-0.05, 0) is 37.7 Å². The second-order valence-corrected chi connectivity index (χ2v) is 4.27. The third-order valence-corrected chi connectivity index (χ3v) is 3.55. The summed E-state index contributed by atoms with van der Waals surface area (Å²) in [5, 5.41) is 0. The largest absolute Gasteiger partial charge is 0.0847 e. The van der Waals surface area contributed by atoms with Crippen molar-refractivity contribution in [2.24, 2.45) is 5.92 Å². The van der Waals surface area contributed by atoms with Gasteiger partial charge in [0, 0.05) is 12.3 Å². The molecule has 0 saturated heterocycles. The van der Waals surface area contributed by atoms with Crippen molar-refractivity contribution in [2.75, 3.05) is 0 Å². The Labute approximate surface area is 80.0 Å². The SMILES string of the molecule is [CH]1C=CC2=C1C1CCCC=C1CC2. The molecule has 67 valence electrons. The van der Waals surface area contributed by atoms with E-state index >= 15 is 0 Å². The van der Waals surface area contributed by atoms with Crippen LogP contribution in [0.5, 0.6) is 0 Å². The predicted molar refractivity (Wildman–Crippen MR) is 55.1 cm³/mol. The molecule has 1 unspecified atom stereocenters. The molecule has 0 aromatic rings. The molecule has 0 spiro atoms. The molecule has 13 heavy (non-hydrogen) atoms. The van der Waals surface area contributed by atoms with Crippen LogP contribution in [-0.4, -0.2) is 0 Å². The first-order valence-corrected chi connectivity index (χ1v) is 5.38. The highest BCUT2D eigenvalue weighted by molar-refractivity contribution is 5.49. The van der Waals surface area contributed by atoms with Crippen molar-refractivity contribution < 1.29 is 0 Å². The molecule has 0 bridgehead atoms. The molecule has 1 radical (unpaired) electrons. The van der Waals surface area contributed by atoms with E-state index in [1.54, 1.807) is 16.7 Å². The smallest absolute Gasteiger partial charge is 0.00926 e. The lowest BCUT2D eigenvalue weighted by Crippen LogP contribution is -2.16. The highest BCUT2D eigenvalue weighted by Gasteiger charge is 2.28. The molecular weight excluding hydrogens is 156 g/mol. The van der Waals surface area contributed by atoms with Crippen LogP contribution in [0.15, 0.2) is 34.9 Å². The van der Waals surface area contributed by atoms with Crippen LogP contribution < -0.4 is 0 Å². The molecule has 0 aromatic carbocycles. The van der Waals surface area contributed by atoms with Gasteiger partial charge in [-0.3, -0.25) is 0 Å². The summed E-state index contributed by atoms with van der Waals surface area (Å²) in [7, 11) is 0. The van der Waals surface area contributed by atoms with Gasteiger partial charge in [0.05, 0.1) is 0 Å². The fourth-order valence-electron chi connectivity index (χ4n) is 2.89. The van der Waals surface area contributed by atoms with Crippen molar-refractivity contribution in [1.29, 1.82) is 0 Å². The molecular formula is C13H15. The average molecular weight is 171 g/mol. The predicted octanol–water partition coefficient (Wildman–Crippen LogP) is 3.58. The van der Waals surface area contributed by atoms with Gasteiger partial charge >= 0.3 is 0 Å². The summed E-state index contributed by atoms with van der Waals surface area (Å²) in [4.78, 5) is 0.